The number of nitrogens with one attached hydrogen (secondary N) is 1. The van der Waals surface area contributed by atoms with E-state index in [-0.39, 0.29) is 30.4 Å². The fraction of sp³-hybridized carbons (Fsp3) is 0.550. The van der Waals surface area contributed by atoms with E-state index in [0.717, 1.165) is 12.0 Å². The molecule has 1 aromatic carbocycles. The minimum Gasteiger partial charge on any atom is -0.481 e. The van der Waals surface area contributed by atoms with Gasteiger partial charge in [0.2, 0.25) is 5.91 Å². The van der Waals surface area contributed by atoms with Gasteiger partial charge in [-0.05, 0) is 24.3 Å². The number of likely N-dealkylation sites (tertiary alicyclic amines) is 2. The van der Waals surface area contributed by atoms with Crippen LogP contribution >= 0.6 is 0 Å². The predicted octanol–water partition coefficient (Wildman–Crippen LogP) is 2.10. The smallest absolute Gasteiger partial charge is 0.317 e. The number of aliphatic carboxylic acids is 1. The lowest BCUT2D eigenvalue weighted by Gasteiger charge is -2.36. The van der Waals surface area contributed by atoms with Crippen LogP contribution in [0, 0.1) is 11.8 Å². The monoisotopic (exact) mass is 373 g/mol. The zero-order valence-electron chi connectivity index (χ0n) is 15.6. The Morgan fingerprint density at radius 3 is 2.63 bits per heavy atom. The molecule has 0 aliphatic carbocycles. The van der Waals surface area contributed by atoms with Crippen LogP contribution in [-0.4, -0.2) is 59.0 Å². The van der Waals surface area contributed by atoms with E-state index < -0.39 is 11.9 Å². The van der Waals surface area contributed by atoms with E-state index in [1.807, 2.05) is 37.3 Å². The molecule has 0 spiro atoms. The highest BCUT2D eigenvalue weighted by molar-refractivity contribution is 5.79. The molecule has 0 saturated carbocycles. The summed E-state index contributed by atoms with van der Waals surface area (Å²) >= 11 is 0. The van der Waals surface area contributed by atoms with Crippen LogP contribution in [0.15, 0.2) is 30.3 Å². The number of carboxylic acid groups (broad SMARTS) is 1. The van der Waals surface area contributed by atoms with Gasteiger partial charge >= 0.3 is 12.0 Å². The summed E-state index contributed by atoms with van der Waals surface area (Å²) in [6.45, 7) is 3.86. The average molecular weight is 373 g/mol. The van der Waals surface area contributed by atoms with Crippen molar-refractivity contribution in [1.82, 2.24) is 15.1 Å². The number of rotatable bonds is 5. The number of carbonyl (C=O) groups excluding carboxylic acids is 2. The topological polar surface area (TPSA) is 89.9 Å². The molecule has 2 fully saturated rings. The summed E-state index contributed by atoms with van der Waals surface area (Å²) in [6, 6.07) is 9.00. The Bertz CT molecular complexity index is 694. The van der Waals surface area contributed by atoms with Crippen molar-refractivity contribution in [2.24, 2.45) is 11.8 Å². The van der Waals surface area contributed by atoms with E-state index in [1.165, 1.54) is 0 Å². The van der Waals surface area contributed by atoms with Gasteiger partial charge in [0.25, 0.3) is 0 Å². The molecule has 0 radical (unpaired) electrons. The number of carboxylic acids is 1. The highest BCUT2D eigenvalue weighted by atomic mass is 16.4. The Morgan fingerprint density at radius 1 is 1.26 bits per heavy atom. The molecule has 3 amide bonds. The van der Waals surface area contributed by atoms with Crippen molar-refractivity contribution in [3.8, 4) is 0 Å². The standard InChI is InChI=1S/C20H27N3O4/c1-14-10-16(19(25)26)12-23(11-14)20(27)21-17(15-6-3-2-4-7-15)13-22-9-5-8-18(22)24/h2-4,6-7,14,16-17H,5,8-13H2,1H3,(H,21,27)(H,25,26)/t14-,16-,17-/m1/s1. The van der Waals surface area contributed by atoms with Crippen molar-refractivity contribution in [3.05, 3.63) is 35.9 Å². The molecule has 0 aromatic heterocycles. The Hall–Kier alpha value is -2.57. The van der Waals surface area contributed by atoms with Crippen molar-refractivity contribution < 1.29 is 19.5 Å². The lowest BCUT2D eigenvalue weighted by atomic mass is 9.91. The van der Waals surface area contributed by atoms with Crippen LogP contribution < -0.4 is 5.32 Å². The first-order valence-corrected chi connectivity index (χ1v) is 9.55. The van der Waals surface area contributed by atoms with Crippen LogP contribution in [0.3, 0.4) is 0 Å². The van der Waals surface area contributed by atoms with Gasteiger partial charge in [-0.1, -0.05) is 37.3 Å². The molecule has 27 heavy (non-hydrogen) atoms. The first-order valence-electron chi connectivity index (χ1n) is 9.55. The van der Waals surface area contributed by atoms with Crippen LogP contribution in [0.1, 0.15) is 37.8 Å². The summed E-state index contributed by atoms with van der Waals surface area (Å²) in [5, 5.41) is 12.4. The highest BCUT2D eigenvalue weighted by Crippen LogP contribution is 2.23. The molecule has 1 aromatic rings. The van der Waals surface area contributed by atoms with E-state index in [9.17, 15) is 19.5 Å². The first kappa shape index (κ1) is 19.2. The molecular weight excluding hydrogens is 346 g/mol. The second-order valence-corrected chi connectivity index (χ2v) is 7.64. The van der Waals surface area contributed by atoms with Gasteiger partial charge in [-0.15, -0.1) is 0 Å². The van der Waals surface area contributed by atoms with Gasteiger partial charge in [0.05, 0.1) is 12.0 Å². The van der Waals surface area contributed by atoms with Crippen molar-refractivity contribution in [2.75, 3.05) is 26.2 Å². The summed E-state index contributed by atoms with van der Waals surface area (Å²) in [7, 11) is 0. The van der Waals surface area contributed by atoms with E-state index in [4.69, 9.17) is 0 Å². The van der Waals surface area contributed by atoms with Gasteiger partial charge in [-0.25, -0.2) is 4.79 Å². The molecule has 2 aliphatic heterocycles. The van der Waals surface area contributed by atoms with Gasteiger partial charge in [0, 0.05) is 32.6 Å². The SMILES string of the molecule is C[C@@H]1C[C@@H](C(=O)O)CN(C(=O)N[C@H](CN2CCCC2=O)c2ccccc2)C1. The number of benzene rings is 1. The molecule has 2 saturated heterocycles. The van der Waals surface area contributed by atoms with Gasteiger partial charge in [-0.2, -0.15) is 0 Å². The molecule has 146 valence electrons. The minimum atomic E-state index is -0.860. The molecule has 7 nitrogen and oxygen atoms in total. The fourth-order valence-corrected chi connectivity index (χ4v) is 3.97. The Balaban J connectivity index is 1.72. The number of hydrogen-bond donors (Lipinski definition) is 2. The van der Waals surface area contributed by atoms with E-state index >= 15 is 0 Å². The van der Waals surface area contributed by atoms with Gasteiger partial charge < -0.3 is 20.2 Å². The average Bonchev–Trinajstić information content (AvgIpc) is 3.06. The van der Waals surface area contributed by atoms with Crippen molar-refractivity contribution in [3.63, 3.8) is 0 Å². The summed E-state index contributed by atoms with van der Waals surface area (Å²) in [4.78, 5) is 39.7. The van der Waals surface area contributed by atoms with E-state index in [2.05, 4.69) is 5.32 Å². The zero-order valence-corrected chi connectivity index (χ0v) is 15.6. The van der Waals surface area contributed by atoms with Crippen LogP contribution in [0.4, 0.5) is 4.79 Å². The Labute approximate surface area is 159 Å². The maximum absolute atomic E-state index is 12.9. The van der Waals surface area contributed by atoms with Crippen molar-refractivity contribution in [2.45, 2.75) is 32.2 Å². The third-order valence-corrected chi connectivity index (χ3v) is 5.37. The lowest BCUT2D eigenvalue weighted by Crippen LogP contribution is -2.51. The summed E-state index contributed by atoms with van der Waals surface area (Å²) in [5.41, 5.74) is 0.936. The quantitative estimate of drug-likeness (QED) is 0.827. The number of urea groups is 1. The molecule has 2 heterocycles. The second kappa shape index (κ2) is 8.41. The maximum Gasteiger partial charge on any atom is 0.317 e. The summed E-state index contributed by atoms with van der Waals surface area (Å²) < 4.78 is 0. The van der Waals surface area contributed by atoms with E-state index in [1.54, 1.807) is 9.80 Å². The van der Waals surface area contributed by atoms with Crippen LogP contribution in [0.2, 0.25) is 0 Å². The molecule has 2 N–H and O–H groups in total. The highest BCUT2D eigenvalue weighted by Gasteiger charge is 2.33. The fourth-order valence-electron chi connectivity index (χ4n) is 3.97. The number of nitrogens with zero attached hydrogens (tertiary/aromatic N) is 2. The van der Waals surface area contributed by atoms with Crippen molar-refractivity contribution >= 4 is 17.9 Å². The number of carbonyl (C=O) groups is 3. The molecule has 3 atom stereocenters. The maximum atomic E-state index is 12.9. The van der Waals surface area contributed by atoms with Gasteiger partial charge in [-0.3, -0.25) is 9.59 Å². The van der Waals surface area contributed by atoms with Crippen LogP contribution in [0.5, 0.6) is 0 Å². The largest absolute Gasteiger partial charge is 0.481 e. The first-order chi connectivity index (χ1) is 12.9. The summed E-state index contributed by atoms with van der Waals surface area (Å²) in [5.74, 6) is -1.14. The molecule has 7 heteroatoms. The lowest BCUT2D eigenvalue weighted by molar-refractivity contribution is -0.143. The number of amides is 3. The predicted molar refractivity (Wildman–Crippen MR) is 100 cm³/mol. The zero-order chi connectivity index (χ0) is 19.4. The van der Waals surface area contributed by atoms with Gasteiger partial charge in [0.1, 0.15) is 0 Å². The normalized spacial score (nSPS) is 24.0. The minimum absolute atomic E-state index is 0.114. The Morgan fingerprint density at radius 2 is 2.00 bits per heavy atom. The third-order valence-electron chi connectivity index (χ3n) is 5.37. The molecule has 3 rings (SSSR count). The third kappa shape index (κ3) is 4.78. The van der Waals surface area contributed by atoms with Crippen LogP contribution in [0.25, 0.3) is 0 Å². The van der Waals surface area contributed by atoms with Crippen molar-refractivity contribution in [1.29, 1.82) is 0 Å². The van der Waals surface area contributed by atoms with Crippen LogP contribution in [-0.2, 0) is 9.59 Å². The number of piperidine rings is 1. The van der Waals surface area contributed by atoms with Gasteiger partial charge in [0.15, 0.2) is 0 Å². The molecule has 0 unspecified atom stereocenters. The number of hydrogen-bond acceptors (Lipinski definition) is 3. The molecular formula is C20H27N3O4. The second-order valence-electron chi connectivity index (χ2n) is 7.64. The summed E-state index contributed by atoms with van der Waals surface area (Å²) in [6.07, 6.45) is 1.99. The Kier molecular flexibility index (Phi) is 5.98. The molecule has 0 bridgehead atoms. The van der Waals surface area contributed by atoms with E-state index in [0.29, 0.717) is 32.5 Å². The molecule has 2 aliphatic rings.